The number of rotatable bonds is 11. The molecule has 0 fully saturated rings. The monoisotopic (exact) mass is 610 g/mol. The quantitative estimate of drug-likeness (QED) is 0.182. The van der Waals surface area contributed by atoms with Crippen molar-refractivity contribution >= 4 is 34.7 Å². The van der Waals surface area contributed by atoms with Crippen LogP contribution in [-0.2, 0) is 0 Å². The SMILES string of the molecule is CC1=C(CCCCCCC[P+](c2ccccc2)(c2ccccc2)c2ccccc2)C(=O)c2ccccc2C1=O.[Br-]. The molecule has 2 nitrogen and oxygen atoms in total. The van der Waals surface area contributed by atoms with Gasteiger partial charge in [-0.25, -0.2) is 0 Å². The number of allylic oxidation sites excluding steroid dienone is 2. The van der Waals surface area contributed by atoms with E-state index in [-0.39, 0.29) is 28.5 Å². The van der Waals surface area contributed by atoms with Crippen LogP contribution in [-0.4, -0.2) is 17.7 Å². The van der Waals surface area contributed by atoms with Crippen LogP contribution in [0.3, 0.4) is 0 Å². The molecule has 4 aromatic carbocycles. The molecule has 0 heterocycles. The van der Waals surface area contributed by atoms with Gasteiger partial charge in [0.1, 0.15) is 23.2 Å². The number of benzene rings is 4. The van der Waals surface area contributed by atoms with E-state index in [4.69, 9.17) is 0 Å². The Morgan fingerprint density at radius 2 is 0.900 bits per heavy atom. The van der Waals surface area contributed by atoms with Crippen LogP contribution in [0.15, 0.2) is 126 Å². The third-order valence-electron chi connectivity index (χ3n) is 7.99. The molecule has 1 aliphatic carbocycles. The largest absolute Gasteiger partial charge is 1.00 e. The summed E-state index contributed by atoms with van der Waals surface area (Å²) in [6, 6.07) is 40.4. The van der Waals surface area contributed by atoms with Gasteiger partial charge in [0.2, 0.25) is 0 Å². The van der Waals surface area contributed by atoms with Crippen LogP contribution in [0.5, 0.6) is 0 Å². The van der Waals surface area contributed by atoms with E-state index in [1.165, 1.54) is 15.9 Å². The predicted molar refractivity (Wildman–Crippen MR) is 166 cm³/mol. The second-order valence-corrected chi connectivity index (χ2v) is 14.0. The highest BCUT2D eigenvalue weighted by Gasteiger charge is 2.44. The molecule has 204 valence electrons. The van der Waals surface area contributed by atoms with Crippen molar-refractivity contribution in [2.24, 2.45) is 0 Å². The van der Waals surface area contributed by atoms with E-state index in [0.29, 0.717) is 28.7 Å². The maximum atomic E-state index is 13.0. The molecule has 0 spiro atoms. The zero-order valence-electron chi connectivity index (χ0n) is 23.1. The van der Waals surface area contributed by atoms with Gasteiger partial charge in [0.15, 0.2) is 11.6 Å². The van der Waals surface area contributed by atoms with Gasteiger partial charge in [0, 0.05) is 22.3 Å². The molecule has 0 bridgehead atoms. The van der Waals surface area contributed by atoms with Gasteiger partial charge in [-0.2, -0.15) is 0 Å². The second-order valence-electron chi connectivity index (χ2n) is 10.4. The van der Waals surface area contributed by atoms with Gasteiger partial charge in [-0.1, -0.05) is 91.7 Å². The van der Waals surface area contributed by atoms with Gasteiger partial charge >= 0.3 is 0 Å². The van der Waals surface area contributed by atoms with Gasteiger partial charge in [-0.3, -0.25) is 9.59 Å². The third-order valence-corrected chi connectivity index (χ3v) is 12.5. The van der Waals surface area contributed by atoms with Crippen LogP contribution in [0.1, 0.15) is 66.2 Å². The lowest BCUT2D eigenvalue weighted by atomic mass is 9.82. The summed E-state index contributed by atoms with van der Waals surface area (Å²) in [6.07, 6.45) is 7.25. The molecule has 5 rings (SSSR count). The Bertz CT molecular complexity index is 1370. The molecule has 0 aromatic heterocycles. The van der Waals surface area contributed by atoms with Crippen LogP contribution < -0.4 is 32.9 Å². The highest BCUT2D eigenvalue weighted by Crippen LogP contribution is 2.56. The lowest BCUT2D eigenvalue weighted by molar-refractivity contribution is -0.0000215. The molecule has 0 N–H and O–H groups in total. The number of Topliss-reactive ketones (excluding diaryl/α,β-unsaturated/α-hetero) is 2. The first kappa shape index (κ1) is 29.8. The fraction of sp³-hybridized carbons (Fsp3) is 0.222. The van der Waals surface area contributed by atoms with E-state index in [1.807, 2.05) is 19.1 Å². The first-order chi connectivity index (χ1) is 19.1. The number of halogens is 1. The summed E-state index contributed by atoms with van der Waals surface area (Å²) in [5, 5.41) is 4.31. The third kappa shape index (κ3) is 6.12. The standard InChI is InChI=1S/C36H36O2P.BrH/c1-28-32(36(38)34-26-16-15-25-33(34)35(28)37)24-14-3-2-4-17-27-39(29-18-8-5-9-19-29,30-20-10-6-11-21-30)31-22-12-7-13-23-31;/h5-13,15-16,18-23,25-26H,2-4,14,17,24,27H2,1H3;1H/q+1;/p-1. The number of fused-ring (bicyclic) bond motifs is 1. The van der Waals surface area contributed by atoms with Crippen LogP contribution in [0.4, 0.5) is 0 Å². The summed E-state index contributed by atoms with van der Waals surface area (Å²) in [6.45, 7) is 1.81. The Hall–Kier alpha value is -3.13. The molecule has 0 saturated heterocycles. The van der Waals surface area contributed by atoms with Gasteiger partial charge in [0.05, 0.1) is 6.16 Å². The lowest BCUT2D eigenvalue weighted by Crippen LogP contribution is -3.00. The zero-order valence-corrected chi connectivity index (χ0v) is 25.5. The van der Waals surface area contributed by atoms with E-state index >= 15 is 0 Å². The molecular weight excluding hydrogens is 575 g/mol. The first-order valence-electron chi connectivity index (χ1n) is 14.1. The molecule has 4 aromatic rings. The maximum Gasteiger partial charge on any atom is 0.190 e. The summed E-state index contributed by atoms with van der Waals surface area (Å²) >= 11 is 0. The minimum absolute atomic E-state index is 0. The summed E-state index contributed by atoms with van der Waals surface area (Å²) in [5.41, 5.74) is 2.44. The summed E-state index contributed by atoms with van der Waals surface area (Å²) in [5.74, 6) is 0.0362. The lowest BCUT2D eigenvalue weighted by Gasteiger charge is -2.27. The van der Waals surface area contributed by atoms with Gasteiger partial charge < -0.3 is 17.0 Å². The van der Waals surface area contributed by atoms with Crippen molar-refractivity contribution < 1.29 is 26.6 Å². The van der Waals surface area contributed by atoms with Crippen molar-refractivity contribution in [3.63, 3.8) is 0 Å². The van der Waals surface area contributed by atoms with E-state index in [9.17, 15) is 9.59 Å². The molecule has 4 heteroatoms. The topological polar surface area (TPSA) is 34.1 Å². The van der Waals surface area contributed by atoms with Crippen LogP contribution in [0.25, 0.3) is 0 Å². The fourth-order valence-corrected chi connectivity index (χ4v) is 10.3. The smallest absolute Gasteiger partial charge is 0.190 e. The number of ketones is 2. The Labute approximate surface area is 249 Å². The molecule has 0 radical (unpaired) electrons. The summed E-state index contributed by atoms with van der Waals surface area (Å²) < 4.78 is 0. The van der Waals surface area contributed by atoms with Crippen molar-refractivity contribution in [2.75, 3.05) is 6.16 Å². The van der Waals surface area contributed by atoms with Crippen molar-refractivity contribution in [3.8, 4) is 0 Å². The first-order valence-corrected chi connectivity index (χ1v) is 16.0. The normalized spacial score (nSPS) is 13.1. The molecule has 0 saturated carbocycles. The number of carbonyl (C=O) groups is 2. The fourth-order valence-electron chi connectivity index (χ4n) is 5.92. The Morgan fingerprint density at radius 1 is 0.500 bits per heavy atom. The van der Waals surface area contributed by atoms with Crippen molar-refractivity contribution in [3.05, 3.63) is 138 Å². The summed E-state index contributed by atoms with van der Waals surface area (Å²) in [7, 11) is -1.77. The minimum Gasteiger partial charge on any atom is -1.00 e. The van der Waals surface area contributed by atoms with E-state index in [1.54, 1.807) is 12.1 Å². The molecule has 0 unspecified atom stereocenters. The average Bonchev–Trinajstić information content (AvgIpc) is 3.00. The molecule has 0 atom stereocenters. The molecule has 40 heavy (non-hydrogen) atoms. The highest BCUT2D eigenvalue weighted by molar-refractivity contribution is 7.95. The van der Waals surface area contributed by atoms with E-state index in [0.717, 1.165) is 38.3 Å². The molecular formula is C36H36BrO2P. The number of unbranched alkanes of at least 4 members (excludes halogenated alkanes) is 4. The van der Waals surface area contributed by atoms with Crippen LogP contribution in [0.2, 0.25) is 0 Å². The Balaban J connectivity index is 0.00000370. The minimum atomic E-state index is -1.77. The average molecular weight is 612 g/mol. The van der Waals surface area contributed by atoms with Crippen molar-refractivity contribution in [1.29, 1.82) is 0 Å². The Morgan fingerprint density at radius 3 is 1.40 bits per heavy atom. The number of hydrogen-bond donors (Lipinski definition) is 0. The summed E-state index contributed by atoms with van der Waals surface area (Å²) in [4.78, 5) is 25.8. The number of hydrogen-bond acceptors (Lipinski definition) is 2. The molecule has 0 amide bonds. The second kappa shape index (κ2) is 14.0. The highest BCUT2D eigenvalue weighted by atomic mass is 79.9. The van der Waals surface area contributed by atoms with E-state index < -0.39 is 7.26 Å². The van der Waals surface area contributed by atoms with Crippen LogP contribution in [0, 0.1) is 0 Å². The van der Waals surface area contributed by atoms with Gasteiger partial charge in [-0.15, -0.1) is 0 Å². The zero-order chi connectivity index (χ0) is 27.1. The maximum absolute atomic E-state index is 13.0. The molecule has 0 aliphatic heterocycles. The Kier molecular flexibility index (Phi) is 10.4. The van der Waals surface area contributed by atoms with Crippen LogP contribution >= 0.6 is 7.26 Å². The van der Waals surface area contributed by atoms with E-state index in [2.05, 4.69) is 91.0 Å². The van der Waals surface area contributed by atoms with Gasteiger partial charge in [0.25, 0.3) is 0 Å². The predicted octanol–water partition coefficient (Wildman–Crippen LogP) is 4.72. The van der Waals surface area contributed by atoms with Gasteiger partial charge in [-0.05, 0) is 69.0 Å². The van der Waals surface area contributed by atoms with Crippen molar-refractivity contribution in [2.45, 2.75) is 45.4 Å². The van der Waals surface area contributed by atoms with Crippen molar-refractivity contribution in [1.82, 2.24) is 0 Å². The molecule has 1 aliphatic rings. The number of carbonyl (C=O) groups excluding carboxylic acids is 2.